The highest BCUT2D eigenvalue weighted by Crippen LogP contribution is 2.26. The second-order valence-electron chi connectivity index (χ2n) is 5.84. The summed E-state index contributed by atoms with van der Waals surface area (Å²) in [4.78, 5) is 19.0. The Morgan fingerprint density at radius 1 is 1.39 bits per heavy atom. The summed E-state index contributed by atoms with van der Waals surface area (Å²) in [6, 6.07) is 10.0. The van der Waals surface area contributed by atoms with Gasteiger partial charge in [0.2, 0.25) is 0 Å². The molecule has 23 heavy (non-hydrogen) atoms. The van der Waals surface area contributed by atoms with Crippen LogP contribution in [0.15, 0.2) is 49.1 Å². The second-order valence-corrected chi connectivity index (χ2v) is 5.84. The summed E-state index contributed by atoms with van der Waals surface area (Å²) in [6.07, 6.45) is 7.15. The molecule has 1 amide bonds. The number of hydrogen-bond donors (Lipinski definition) is 0. The summed E-state index contributed by atoms with van der Waals surface area (Å²) >= 11 is 0. The van der Waals surface area contributed by atoms with Crippen molar-refractivity contribution in [3.63, 3.8) is 0 Å². The summed E-state index contributed by atoms with van der Waals surface area (Å²) in [7, 11) is 0. The number of amides is 1. The fraction of sp³-hybridized carbons (Fsp3) is 0.444. The van der Waals surface area contributed by atoms with E-state index in [1.54, 1.807) is 6.20 Å². The van der Waals surface area contributed by atoms with Crippen LogP contribution in [-0.4, -0.2) is 40.1 Å². The van der Waals surface area contributed by atoms with Gasteiger partial charge in [-0.25, -0.2) is 4.98 Å². The van der Waals surface area contributed by atoms with E-state index in [4.69, 9.17) is 4.74 Å². The maximum Gasteiger partial charge on any atom is 0.256 e. The molecule has 5 heteroatoms. The summed E-state index contributed by atoms with van der Waals surface area (Å²) in [5.74, 6) is 0.0582. The van der Waals surface area contributed by atoms with Crippen molar-refractivity contribution in [2.45, 2.75) is 31.9 Å². The van der Waals surface area contributed by atoms with Gasteiger partial charge in [-0.1, -0.05) is 30.3 Å². The molecule has 0 radical (unpaired) electrons. The highest BCUT2D eigenvalue weighted by molar-refractivity contribution is 5.82. The number of piperidine rings is 1. The third kappa shape index (κ3) is 3.62. The first-order chi connectivity index (χ1) is 11.3. The van der Waals surface area contributed by atoms with Gasteiger partial charge in [0.1, 0.15) is 0 Å². The number of ether oxygens (including phenoxy) is 1. The van der Waals surface area contributed by atoms with Crippen LogP contribution in [0.25, 0.3) is 0 Å². The Labute approximate surface area is 136 Å². The summed E-state index contributed by atoms with van der Waals surface area (Å²) in [6.45, 7) is 3.95. The average Bonchev–Trinajstić information content (AvgIpc) is 3.15. The molecule has 0 bridgehead atoms. The molecule has 1 aliphatic rings. The topological polar surface area (TPSA) is 47.4 Å². The number of nitrogens with zero attached hydrogens (tertiary/aromatic N) is 3. The molecule has 1 aliphatic heterocycles. The van der Waals surface area contributed by atoms with Crippen LogP contribution in [0.1, 0.15) is 37.5 Å². The van der Waals surface area contributed by atoms with Crippen LogP contribution >= 0.6 is 0 Å². The van der Waals surface area contributed by atoms with Gasteiger partial charge in [-0.3, -0.25) is 4.79 Å². The molecular weight excluding hydrogens is 290 g/mol. The van der Waals surface area contributed by atoms with Gasteiger partial charge in [0.25, 0.3) is 5.91 Å². The Kier molecular flexibility index (Phi) is 5.08. The van der Waals surface area contributed by atoms with E-state index in [1.807, 2.05) is 54.7 Å². The fourth-order valence-corrected chi connectivity index (χ4v) is 3.15. The van der Waals surface area contributed by atoms with E-state index in [2.05, 4.69) is 9.55 Å². The molecule has 1 aromatic heterocycles. The molecule has 1 saturated heterocycles. The van der Waals surface area contributed by atoms with Gasteiger partial charge in [-0.2, -0.15) is 0 Å². The molecule has 2 aromatic rings. The molecule has 2 atom stereocenters. The number of imidazole rings is 1. The number of carbonyl (C=O) groups excluding carboxylic acids is 1. The third-order valence-corrected chi connectivity index (χ3v) is 4.31. The van der Waals surface area contributed by atoms with Crippen LogP contribution in [-0.2, 0) is 9.53 Å². The van der Waals surface area contributed by atoms with E-state index in [9.17, 15) is 4.79 Å². The number of carbonyl (C=O) groups is 1. The van der Waals surface area contributed by atoms with Crippen LogP contribution in [0.3, 0.4) is 0 Å². The van der Waals surface area contributed by atoms with Crippen molar-refractivity contribution in [2.75, 3.05) is 19.7 Å². The van der Waals surface area contributed by atoms with E-state index >= 15 is 0 Å². The average molecular weight is 313 g/mol. The molecule has 0 aliphatic carbocycles. The molecule has 3 rings (SSSR count). The van der Waals surface area contributed by atoms with Crippen molar-refractivity contribution in [3.8, 4) is 0 Å². The molecule has 0 N–H and O–H groups in total. The SMILES string of the molecule is CCO[C@H](C(=O)N1CCC[C@@H](n2ccnc2)C1)c1ccccc1. The number of likely N-dealkylation sites (tertiary alicyclic amines) is 1. The Morgan fingerprint density at radius 3 is 2.91 bits per heavy atom. The van der Waals surface area contributed by atoms with Crippen LogP contribution in [0.5, 0.6) is 0 Å². The van der Waals surface area contributed by atoms with Crippen molar-refractivity contribution in [1.29, 1.82) is 0 Å². The summed E-state index contributed by atoms with van der Waals surface area (Å²) < 4.78 is 7.85. The Morgan fingerprint density at radius 2 is 2.22 bits per heavy atom. The normalized spacial score (nSPS) is 19.5. The maximum atomic E-state index is 13.0. The first kappa shape index (κ1) is 15.7. The quantitative estimate of drug-likeness (QED) is 0.853. The van der Waals surface area contributed by atoms with Gasteiger partial charge in [0.15, 0.2) is 6.10 Å². The molecule has 0 spiro atoms. The summed E-state index contributed by atoms with van der Waals surface area (Å²) in [5.41, 5.74) is 0.920. The number of aromatic nitrogens is 2. The molecule has 122 valence electrons. The lowest BCUT2D eigenvalue weighted by molar-refractivity contribution is -0.145. The fourth-order valence-electron chi connectivity index (χ4n) is 3.15. The van der Waals surface area contributed by atoms with Crippen LogP contribution in [0.4, 0.5) is 0 Å². The lowest BCUT2D eigenvalue weighted by atomic mass is 10.0. The maximum absolute atomic E-state index is 13.0. The Balaban J connectivity index is 1.74. The zero-order chi connectivity index (χ0) is 16.1. The van der Waals surface area contributed by atoms with Gasteiger partial charge >= 0.3 is 0 Å². The molecule has 0 saturated carbocycles. The lowest BCUT2D eigenvalue weighted by Crippen LogP contribution is -2.43. The van der Waals surface area contributed by atoms with Crippen LogP contribution in [0.2, 0.25) is 0 Å². The van der Waals surface area contributed by atoms with E-state index in [-0.39, 0.29) is 5.91 Å². The number of rotatable bonds is 5. The minimum atomic E-state index is -0.511. The van der Waals surface area contributed by atoms with Crippen molar-refractivity contribution >= 4 is 5.91 Å². The molecule has 5 nitrogen and oxygen atoms in total. The van der Waals surface area contributed by atoms with Crippen molar-refractivity contribution in [3.05, 3.63) is 54.6 Å². The van der Waals surface area contributed by atoms with Crippen LogP contribution < -0.4 is 0 Å². The Bertz CT molecular complexity index is 612. The zero-order valence-corrected chi connectivity index (χ0v) is 13.5. The largest absolute Gasteiger partial charge is 0.364 e. The second kappa shape index (κ2) is 7.42. The first-order valence-corrected chi connectivity index (χ1v) is 8.22. The lowest BCUT2D eigenvalue weighted by Gasteiger charge is -2.35. The van der Waals surface area contributed by atoms with Crippen molar-refractivity contribution < 1.29 is 9.53 Å². The minimum Gasteiger partial charge on any atom is -0.364 e. The standard InChI is InChI=1S/C18H23N3O2/c1-2-23-17(15-7-4-3-5-8-15)18(22)20-11-6-9-16(13-20)21-12-10-19-14-21/h3-5,7-8,10,12,14,16-17H,2,6,9,11,13H2,1H3/t16-,17+/m1/s1. The van der Waals surface area contributed by atoms with Crippen molar-refractivity contribution in [1.82, 2.24) is 14.5 Å². The molecule has 0 unspecified atom stereocenters. The molecular formula is C18H23N3O2. The highest BCUT2D eigenvalue weighted by atomic mass is 16.5. The molecule has 2 heterocycles. The highest BCUT2D eigenvalue weighted by Gasteiger charge is 2.30. The molecule has 1 fully saturated rings. The van der Waals surface area contributed by atoms with Gasteiger partial charge in [0, 0.05) is 32.1 Å². The van der Waals surface area contributed by atoms with Gasteiger partial charge in [0.05, 0.1) is 12.4 Å². The van der Waals surface area contributed by atoms with E-state index in [0.29, 0.717) is 19.2 Å². The predicted octanol–water partition coefficient (Wildman–Crippen LogP) is 2.82. The summed E-state index contributed by atoms with van der Waals surface area (Å²) in [5, 5.41) is 0. The van der Waals surface area contributed by atoms with Crippen molar-refractivity contribution in [2.24, 2.45) is 0 Å². The minimum absolute atomic E-state index is 0.0582. The van der Waals surface area contributed by atoms with E-state index in [1.165, 1.54) is 0 Å². The molecule has 1 aromatic carbocycles. The number of hydrogen-bond acceptors (Lipinski definition) is 3. The van der Waals surface area contributed by atoms with E-state index < -0.39 is 6.10 Å². The van der Waals surface area contributed by atoms with Gasteiger partial charge in [-0.05, 0) is 25.3 Å². The first-order valence-electron chi connectivity index (χ1n) is 8.22. The predicted molar refractivity (Wildman–Crippen MR) is 87.9 cm³/mol. The van der Waals surface area contributed by atoms with E-state index in [0.717, 1.165) is 24.9 Å². The zero-order valence-electron chi connectivity index (χ0n) is 13.5. The Hall–Kier alpha value is -2.14. The van der Waals surface area contributed by atoms with Crippen LogP contribution in [0, 0.1) is 0 Å². The van der Waals surface area contributed by atoms with Gasteiger partial charge < -0.3 is 14.2 Å². The number of benzene rings is 1. The smallest absolute Gasteiger partial charge is 0.256 e. The monoisotopic (exact) mass is 313 g/mol. The van der Waals surface area contributed by atoms with Gasteiger partial charge in [-0.15, -0.1) is 0 Å². The third-order valence-electron chi connectivity index (χ3n) is 4.31.